The van der Waals surface area contributed by atoms with E-state index < -0.39 is 22.7 Å². The lowest BCUT2D eigenvalue weighted by molar-refractivity contribution is 0.381. The number of phenols is 2. The lowest BCUT2D eigenvalue weighted by atomic mass is 10.2. The zero-order valence-electron chi connectivity index (χ0n) is 8.44. The Labute approximate surface area is 89.4 Å². The quantitative estimate of drug-likeness (QED) is 0.707. The number of halogens is 1. The fourth-order valence-corrected chi connectivity index (χ4v) is 1.55. The van der Waals surface area contributed by atoms with Crippen molar-refractivity contribution < 1.29 is 14.6 Å². The number of benzene rings is 1. The number of fused-ring (bicyclic) bond motifs is 1. The molecule has 0 fully saturated rings. The molecule has 0 unspecified atom stereocenters. The number of phenolic OH excluding ortho intramolecular Hbond substituents is 2. The van der Waals surface area contributed by atoms with E-state index in [1.807, 2.05) is 0 Å². The molecule has 6 heteroatoms. The smallest absolute Gasteiger partial charge is 0.211 e. The summed E-state index contributed by atoms with van der Waals surface area (Å²) in [4.78, 5) is 11.4. The molecule has 2 aromatic rings. The molecule has 2 rings (SSSR count). The molecule has 0 aliphatic rings. The molecule has 0 bridgehead atoms. The van der Waals surface area contributed by atoms with Crippen LogP contribution in [0.25, 0.3) is 10.9 Å². The van der Waals surface area contributed by atoms with Crippen LogP contribution >= 0.6 is 0 Å². The van der Waals surface area contributed by atoms with Crippen molar-refractivity contribution in [3.05, 3.63) is 28.3 Å². The van der Waals surface area contributed by atoms with E-state index in [4.69, 9.17) is 0 Å². The van der Waals surface area contributed by atoms with E-state index in [1.165, 1.54) is 4.68 Å². The van der Waals surface area contributed by atoms with Gasteiger partial charge < -0.3 is 10.2 Å². The van der Waals surface area contributed by atoms with Gasteiger partial charge in [0.2, 0.25) is 5.43 Å². The van der Waals surface area contributed by atoms with Gasteiger partial charge in [0.25, 0.3) is 0 Å². The number of rotatable bonds is 1. The Hall–Kier alpha value is -2.11. The monoisotopic (exact) mass is 224 g/mol. The number of aromatic nitrogens is 2. The van der Waals surface area contributed by atoms with Crippen molar-refractivity contribution in [1.29, 1.82) is 0 Å². The molecule has 0 aliphatic heterocycles. The van der Waals surface area contributed by atoms with Crippen LogP contribution in [0.5, 0.6) is 11.5 Å². The first-order valence-electron chi connectivity index (χ1n) is 4.66. The molecule has 0 saturated heterocycles. The largest absolute Gasteiger partial charge is 0.504 e. The first-order chi connectivity index (χ1) is 7.56. The van der Waals surface area contributed by atoms with Gasteiger partial charge in [-0.15, -0.1) is 0 Å². The van der Waals surface area contributed by atoms with Crippen LogP contribution in [-0.4, -0.2) is 20.0 Å². The second-order valence-corrected chi connectivity index (χ2v) is 3.28. The van der Waals surface area contributed by atoms with Crippen molar-refractivity contribution in [3.8, 4) is 11.5 Å². The Morgan fingerprint density at radius 2 is 2.19 bits per heavy atom. The molecule has 1 heterocycles. The Balaban J connectivity index is 3.05. The Kier molecular flexibility index (Phi) is 2.26. The first kappa shape index (κ1) is 10.4. The minimum absolute atomic E-state index is 0.155. The summed E-state index contributed by atoms with van der Waals surface area (Å²) in [5.41, 5.74) is -0.477. The maximum absolute atomic E-state index is 13.6. The van der Waals surface area contributed by atoms with Gasteiger partial charge in [0, 0.05) is 12.6 Å². The van der Waals surface area contributed by atoms with Gasteiger partial charge in [-0.3, -0.25) is 9.48 Å². The summed E-state index contributed by atoms with van der Waals surface area (Å²) in [5.74, 6) is -2.65. The second-order valence-electron chi connectivity index (χ2n) is 3.28. The standard InChI is InChI=1S/C10H9FN2O3/c1-2-13-5-3-6(14)10(16)9(11)8(5)7(15)4-12-13/h3-4,14,16H,2H2,1H3. The van der Waals surface area contributed by atoms with Crippen LogP contribution in [0.15, 0.2) is 17.1 Å². The van der Waals surface area contributed by atoms with E-state index in [0.29, 0.717) is 6.54 Å². The minimum atomic E-state index is -1.12. The normalized spacial score (nSPS) is 10.9. The van der Waals surface area contributed by atoms with Gasteiger partial charge in [-0.25, -0.2) is 4.39 Å². The van der Waals surface area contributed by atoms with E-state index in [-0.39, 0.29) is 10.9 Å². The Morgan fingerprint density at radius 1 is 1.50 bits per heavy atom. The van der Waals surface area contributed by atoms with Crippen LogP contribution in [0, 0.1) is 5.82 Å². The van der Waals surface area contributed by atoms with Crippen LogP contribution in [-0.2, 0) is 6.54 Å². The van der Waals surface area contributed by atoms with E-state index in [9.17, 15) is 19.4 Å². The number of hydrogen-bond acceptors (Lipinski definition) is 4. The van der Waals surface area contributed by atoms with Gasteiger partial charge >= 0.3 is 0 Å². The fourth-order valence-electron chi connectivity index (χ4n) is 1.55. The summed E-state index contributed by atoms with van der Waals surface area (Å²) in [5, 5.41) is 22.0. The van der Waals surface area contributed by atoms with Crippen LogP contribution < -0.4 is 5.43 Å². The average molecular weight is 224 g/mol. The number of aryl methyl sites for hydroxylation is 1. The third kappa shape index (κ3) is 1.30. The summed E-state index contributed by atoms with van der Waals surface area (Å²) in [6.07, 6.45) is 0.978. The third-order valence-corrected chi connectivity index (χ3v) is 2.34. The molecular weight excluding hydrogens is 215 g/mol. The summed E-state index contributed by atoms with van der Waals surface area (Å²) in [6.45, 7) is 2.18. The minimum Gasteiger partial charge on any atom is -0.504 e. The number of nitrogens with zero attached hydrogens (tertiary/aromatic N) is 2. The highest BCUT2D eigenvalue weighted by molar-refractivity contribution is 5.83. The van der Waals surface area contributed by atoms with Crippen molar-refractivity contribution in [2.45, 2.75) is 13.5 Å². The van der Waals surface area contributed by atoms with Crippen LogP contribution in [0.4, 0.5) is 4.39 Å². The van der Waals surface area contributed by atoms with Crippen LogP contribution in [0.2, 0.25) is 0 Å². The number of hydrogen-bond donors (Lipinski definition) is 2. The molecule has 0 saturated carbocycles. The summed E-state index contributed by atoms with van der Waals surface area (Å²) in [7, 11) is 0. The molecule has 1 aromatic heterocycles. The van der Waals surface area contributed by atoms with Crippen molar-refractivity contribution in [2.24, 2.45) is 0 Å². The van der Waals surface area contributed by atoms with Crippen molar-refractivity contribution in [1.82, 2.24) is 9.78 Å². The van der Waals surface area contributed by atoms with Gasteiger partial charge in [0.1, 0.15) is 0 Å². The van der Waals surface area contributed by atoms with Crippen LogP contribution in [0.1, 0.15) is 6.92 Å². The molecule has 0 aliphatic carbocycles. The SMILES string of the molecule is CCn1ncc(=O)c2c(F)c(O)c(O)cc21. The molecule has 0 atom stereocenters. The highest BCUT2D eigenvalue weighted by Gasteiger charge is 2.16. The zero-order valence-corrected chi connectivity index (χ0v) is 8.44. The van der Waals surface area contributed by atoms with E-state index in [0.717, 1.165) is 12.3 Å². The van der Waals surface area contributed by atoms with Gasteiger partial charge in [-0.05, 0) is 6.92 Å². The van der Waals surface area contributed by atoms with E-state index >= 15 is 0 Å². The lowest BCUT2D eigenvalue weighted by Gasteiger charge is -2.08. The molecule has 0 amide bonds. The van der Waals surface area contributed by atoms with E-state index in [2.05, 4.69) is 5.10 Å². The summed E-state index contributed by atoms with van der Waals surface area (Å²) in [6, 6.07) is 1.12. The molecule has 0 spiro atoms. The van der Waals surface area contributed by atoms with Crippen molar-refractivity contribution in [2.75, 3.05) is 0 Å². The molecule has 0 radical (unpaired) electrons. The molecule has 16 heavy (non-hydrogen) atoms. The van der Waals surface area contributed by atoms with E-state index in [1.54, 1.807) is 6.92 Å². The van der Waals surface area contributed by atoms with Crippen molar-refractivity contribution in [3.63, 3.8) is 0 Å². The Morgan fingerprint density at radius 3 is 2.81 bits per heavy atom. The first-order valence-corrected chi connectivity index (χ1v) is 4.66. The highest BCUT2D eigenvalue weighted by Crippen LogP contribution is 2.32. The molecule has 1 aromatic carbocycles. The summed E-state index contributed by atoms with van der Waals surface area (Å²) < 4.78 is 14.9. The van der Waals surface area contributed by atoms with Crippen molar-refractivity contribution >= 4 is 10.9 Å². The molecule has 84 valence electrons. The Bertz CT molecular complexity index is 621. The van der Waals surface area contributed by atoms with Gasteiger partial charge in [-0.1, -0.05) is 0 Å². The average Bonchev–Trinajstić information content (AvgIpc) is 2.26. The summed E-state index contributed by atoms with van der Waals surface area (Å²) >= 11 is 0. The second kappa shape index (κ2) is 3.48. The van der Waals surface area contributed by atoms with Gasteiger partial charge in [0.15, 0.2) is 17.3 Å². The van der Waals surface area contributed by atoms with Crippen LogP contribution in [0.3, 0.4) is 0 Å². The predicted octanol–water partition coefficient (Wildman–Crippen LogP) is 0.967. The van der Waals surface area contributed by atoms with Gasteiger partial charge in [0.05, 0.1) is 17.1 Å². The molecule has 2 N–H and O–H groups in total. The number of aromatic hydroxyl groups is 2. The third-order valence-electron chi connectivity index (χ3n) is 2.34. The lowest BCUT2D eigenvalue weighted by Crippen LogP contribution is -2.12. The zero-order chi connectivity index (χ0) is 11.9. The molecule has 5 nitrogen and oxygen atoms in total. The highest BCUT2D eigenvalue weighted by atomic mass is 19.1. The topological polar surface area (TPSA) is 75.4 Å². The fraction of sp³-hybridized carbons (Fsp3) is 0.200. The predicted molar refractivity (Wildman–Crippen MR) is 55.0 cm³/mol. The van der Waals surface area contributed by atoms with Gasteiger partial charge in [-0.2, -0.15) is 5.10 Å². The maximum Gasteiger partial charge on any atom is 0.211 e. The molecular formula is C10H9FN2O3. The maximum atomic E-state index is 13.6.